The van der Waals surface area contributed by atoms with E-state index in [4.69, 9.17) is 0 Å². The van der Waals surface area contributed by atoms with Gasteiger partial charge in [0, 0.05) is 48.7 Å². The Morgan fingerprint density at radius 3 is 1.08 bits per heavy atom. The Morgan fingerprint density at radius 2 is 0.758 bits per heavy atom. The molecule has 0 spiro atoms. The third-order valence-electron chi connectivity index (χ3n) is 8.93. The average Bonchev–Trinajstić information content (AvgIpc) is 3.27. The van der Waals surface area contributed by atoms with E-state index in [1.165, 1.54) is 46.2 Å². The summed E-state index contributed by atoms with van der Waals surface area (Å²) in [5, 5.41) is 51.5. The van der Waals surface area contributed by atoms with Gasteiger partial charge < -0.3 is 60.6 Å². The SMILES string of the molecule is O=S(=O)([O-])c1ccccc1C(Nc1nc(Nc2ccccc2)nc(N(CCO)CCO)n1)=C(Nc1nc(Nc2ccccc2)nc(N(CCO)CCO)n1)c1ccccc1S(=O)(=O)[O-].[Na+].[Na+]. The van der Waals surface area contributed by atoms with E-state index in [-0.39, 0.29) is 159 Å². The number of para-hydroxylation sites is 2. The number of benzene rings is 4. The van der Waals surface area contributed by atoms with E-state index in [1.54, 1.807) is 60.7 Å². The van der Waals surface area contributed by atoms with Gasteiger partial charge in [0.1, 0.15) is 20.2 Å². The van der Waals surface area contributed by atoms with Crippen LogP contribution in [0.25, 0.3) is 11.4 Å². The first kappa shape index (κ1) is 53.7. The van der Waals surface area contributed by atoms with Gasteiger partial charge in [0.15, 0.2) is 0 Å². The van der Waals surface area contributed by atoms with Crippen molar-refractivity contribution in [2.45, 2.75) is 9.79 Å². The summed E-state index contributed by atoms with van der Waals surface area (Å²) >= 11 is 0. The molecule has 0 saturated heterocycles. The summed E-state index contributed by atoms with van der Waals surface area (Å²) in [5.74, 6) is -1.06. The minimum absolute atomic E-state index is 0. The van der Waals surface area contributed by atoms with Gasteiger partial charge in [0.2, 0.25) is 35.7 Å². The Kier molecular flexibility index (Phi) is 20.6. The van der Waals surface area contributed by atoms with Crippen molar-refractivity contribution in [3.05, 3.63) is 120 Å². The fraction of sp³-hybridized carbons (Fsp3) is 0.200. The molecule has 0 atom stereocenters. The van der Waals surface area contributed by atoms with E-state index in [0.717, 1.165) is 12.1 Å². The molecule has 66 heavy (non-hydrogen) atoms. The van der Waals surface area contributed by atoms with Gasteiger partial charge in [-0.15, -0.1) is 0 Å². The summed E-state index contributed by atoms with van der Waals surface area (Å²) < 4.78 is 78.0. The number of hydrogen-bond acceptors (Lipinski definition) is 22. The van der Waals surface area contributed by atoms with Crippen LogP contribution >= 0.6 is 0 Å². The van der Waals surface area contributed by atoms with Crippen molar-refractivity contribution in [2.75, 3.05) is 83.7 Å². The number of nitrogens with one attached hydrogen (secondary N) is 4. The Morgan fingerprint density at radius 1 is 0.455 bits per heavy atom. The van der Waals surface area contributed by atoms with Crippen LogP contribution in [0.4, 0.5) is 47.1 Å². The van der Waals surface area contributed by atoms with Gasteiger partial charge in [-0.2, -0.15) is 29.9 Å². The molecule has 0 aliphatic rings. The van der Waals surface area contributed by atoms with E-state index < -0.39 is 41.4 Å². The average molecular weight is 961 g/mol. The maximum atomic E-state index is 13.0. The van der Waals surface area contributed by atoms with E-state index >= 15 is 0 Å². The van der Waals surface area contributed by atoms with Crippen LogP contribution in [0.5, 0.6) is 0 Å². The zero-order valence-corrected chi connectivity index (χ0v) is 41.3. The van der Waals surface area contributed by atoms with Gasteiger partial charge in [-0.05, 0) is 36.4 Å². The van der Waals surface area contributed by atoms with Gasteiger partial charge in [0.05, 0.1) is 47.6 Å². The van der Waals surface area contributed by atoms with Crippen molar-refractivity contribution in [1.29, 1.82) is 0 Å². The summed E-state index contributed by atoms with van der Waals surface area (Å²) in [6.45, 7) is -1.74. The first-order chi connectivity index (χ1) is 30.8. The quantitative estimate of drug-likeness (QED) is 0.0183. The second-order valence-electron chi connectivity index (χ2n) is 13.3. The molecule has 0 bridgehead atoms. The first-order valence-corrected chi connectivity index (χ1v) is 22.1. The predicted octanol–water partition coefficient (Wildman–Crippen LogP) is -4.01. The summed E-state index contributed by atoms with van der Waals surface area (Å²) in [6.07, 6.45) is 0. The van der Waals surface area contributed by atoms with E-state index in [1.807, 2.05) is 0 Å². The topological polar surface area (TPSA) is 327 Å². The van der Waals surface area contributed by atoms with Crippen LogP contribution in [0.3, 0.4) is 0 Å². The molecule has 336 valence electrons. The number of rotatable bonds is 22. The number of anilines is 8. The van der Waals surface area contributed by atoms with E-state index in [2.05, 4.69) is 51.2 Å². The van der Waals surface area contributed by atoms with Gasteiger partial charge >= 0.3 is 59.1 Å². The van der Waals surface area contributed by atoms with Crippen molar-refractivity contribution in [2.24, 2.45) is 0 Å². The molecule has 0 unspecified atom stereocenters. The molecule has 26 heteroatoms. The van der Waals surface area contributed by atoms with Crippen molar-refractivity contribution in [3.8, 4) is 0 Å². The molecule has 0 radical (unpaired) electrons. The Labute approximate surface area is 424 Å². The summed E-state index contributed by atoms with van der Waals surface area (Å²) in [4.78, 5) is 28.3. The second kappa shape index (κ2) is 25.3. The number of aliphatic hydroxyl groups excluding tert-OH is 4. The second-order valence-corrected chi connectivity index (χ2v) is 16.0. The number of aliphatic hydroxyl groups is 4. The van der Waals surface area contributed by atoms with Crippen molar-refractivity contribution in [1.82, 2.24) is 29.9 Å². The molecule has 8 N–H and O–H groups in total. The molecule has 0 amide bonds. The Balaban J connectivity index is 0.00000476. The molecule has 6 rings (SSSR count). The monoisotopic (exact) mass is 960 g/mol. The zero-order valence-electron chi connectivity index (χ0n) is 35.7. The third kappa shape index (κ3) is 14.5. The van der Waals surface area contributed by atoms with Gasteiger partial charge in [-0.25, -0.2) is 16.8 Å². The van der Waals surface area contributed by atoms with Gasteiger partial charge in [-0.1, -0.05) is 72.8 Å². The first-order valence-electron chi connectivity index (χ1n) is 19.3. The molecule has 2 heterocycles. The van der Waals surface area contributed by atoms with Crippen LogP contribution in [0, 0.1) is 0 Å². The van der Waals surface area contributed by atoms with Crippen LogP contribution in [-0.4, -0.2) is 129 Å². The van der Waals surface area contributed by atoms with Crippen molar-refractivity contribution < 1.29 is 105 Å². The van der Waals surface area contributed by atoms with Crippen LogP contribution in [0.1, 0.15) is 11.1 Å². The minimum atomic E-state index is -5.32. The van der Waals surface area contributed by atoms with Crippen LogP contribution in [0.15, 0.2) is 119 Å². The molecular formula is C40H42N12Na2O10S2. The van der Waals surface area contributed by atoms with Crippen LogP contribution in [0.2, 0.25) is 0 Å². The molecule has 0 fully saturated rings. The summed E-state index contributed by atoms with van der Waals surface area (Å²) in [5.41, 5.74) is -0.463. The standard InChI is InChI=1S/C40H44N12O10S2.2Na/c53-23-19-51(20-24-54)39-47-35(41-27-11-3-1-4-12-27)45-37(49-39)43-33(29-15-7-9-17-31(29)63(57,58)59)34(30-16-8-10-18-32(30)64(60,61)62)44-38-46-36(42-28-13-5-2-6-14-28)48-40(50-38)52(21-25-55)22-26-56;;/h1-18,53-56H,19-26H2,(H,57,58,59)(H,60,61,62)(H2,41,43,45,47,49)(H2,42,44,46,48,50);;/q;2*+1/p-2. The molecule has 22 nitrogen and oxygen atoms in total. The summed E-state index contributed by atoms with van der Waals surface area (Å²) in [6, 6.07) is 27.3. The molecule has 0 aliphatic carbocycles. The zero-order chi connectivity index (χ0) is 45.7. The molecule has 0 saturated carbocycles. The van der Waals surface area contributed by atoms with Gasteiger partial charge in [-0.3, -0.25) is 0 Å². The number of hydrogen-bond donors (Lipinski definition) is 8. The smallest absolute Gasteiger partial charge is 0.744 e. The fourth-order valence-corrected chi connectivity index (χ4v) is 7.55. The van der Waals surface area contributed by atoms with Gasteiger partial charge in [0.25, 0.3) is 0 Å². The predicted molar refractivity (Wildman–Crippen MR) is 235 cm³/mol. The molecule has 4 aromatic carbocycles. The molecular weight excluding hydrogens is 919 g/mol. The van der Waals surface area contributed by atoms with Crippen molar-refractivity contribution in [3.63, 3.8) is 0 Å². The molecule has 2 aromatic heterocycles. The molecule has 6 aromatic rings. The van der Waals surface area contributed by atoms with E-state index in [0.29, 0.717) is 11.4 Å². The summed E-state index contributed by atoms with van der Waals surface area (Å²) in [7, 11) is -10.6. The normalized spacial score (nSPS) is 11.6. The number of nitrogens with zero attached hydrogens (tertiary/aromatic N) is 8. The maximum Gasteiger partial charge on any atom is 1.00 e. The Bertz CT molecular complexity index is 2590. The van der Waals surface area contributed by atoms with Crippen LogP contribution in [-0.2, 0) is 20.2 Å². The third-order valence-corrected chi connectivity index (χ3v) is 10.7. The minimum Gasteiger partial charge on any atom is -0.744 e. The maximum absolute atomic E-state index is 13.0. The molecule has 0 aliphatic heterocycles. The van der Waals surface area contributed by atoms with Crippen molar-refractivity contribution >= 4 is 78.7 Å². The van der Waals surface area contributed by atoms with Crippen LogP contribution < -0.4 is 90.2 Å². The van der Waals surface area contributed by atoms with E-state index in [9.17, 15) is 46.4 Å². The largest absolute Gasteiger partial charge is 1.00 e. The fourth-order valence-electron chi connectivity index (χ4n) is 6.18. The number of aromatic nitrogens is 6. The Hall–Kier alpha value is -4.90.